The predicted octanol–water partition coefficient (Wildman–Crippen LogP) is 4.28. The van der Waals surface area contributed by atoms with Gasteiger partial charge in [-0.1, -0.05) is 63.8 Å². The SMILES string of the molecule is C=CC1(c2ccc([B]CC(C)(C)C(C)(C)S)cc2C)CCNCC1. The molecule has 1 aliphatic heterocycles. The molecule has 0 spiro atoms. The molecule has 0 aliphatic carbocycles. The van der Waals surface area contributed by atoms with E-state index in [1.165, 1.54) is 16.6 Å². The van der Waals surface area contributed by atoms with Crippen molar-refractivity contribution in [1.29, 1.82) is 0 Å². The van der Waals surface area contributed by atoms with Gasteiger partial charge in [0.05, 0.1) is 0 Å². The molecule has 3 heteroatoms. The molecule has 0 bridgehead atoms. The summed E-state index contributed by atoms with van der Waals surface area (Å²) in [4.78, 5) is 0. The van der Waals surface area contributed by atoms with Crippen LogP contribution in [-0.2, 0) is 5.41 Å². The summed E-state index contributed by atoms with van der Waals surface area (Å²) >= 11 is 4.77. The molecule has 0 saturated carbocycles. The molecule has 1 saturated heterocycles. The van der Waals surface area contributed by atoms with Crippen molar-refractivity contribution < 1.29 is 0 Å². The van der Waals surface area contributed by atoms with Crippen molar-refractivity contribution in [2.24, 2.45) is 5.41 Å². The number of hydrogen-bond donors (Lipinski definition) is 2. The van der Waals surface area contributed by atoms with Crippen molar-refractivity contribution in [3.05, 3.63) is 42.0 Å². The number of thiol groups is 1. The van der Waals surface area contributed by atoms with Gasteiger partial charge in [0.1, 0.15) is 0 Å². The minimum Gasteiger partial charge on any atom is -0.317 e. The van der Waals surface area contributed by atoms with Crippen LogP contribution in [0.4, 0.5) is 0 Å². The van der Waals surface area contributed by atoms with Gasteiger partial charge >= 0.3 is 0 Å². The number of rotatable bonds is 6. The van der Waals surface area contributed by atoms with Gasteiger partial charge in [-0.05, 0) is 49.4 Å². The third-order valence-corrected chi connectivity index (χ3v) is 6.78. The lowest BCUT2D eigenvalue weighted by Gasteiger charge is -2.38. The Bertz CT molecular complexity index is 580. The second-order valence-corrected chi connectivity index (χ2v) is 9.65. The van der Waals surface area contributed by atoms with Gasteiger partial charge < -0.3 is 5.32 Å². The quantitative estimate of drug-likeness (QED) is 0.447. The molecule has 1 radical (unpaired) electrons. The van der Waals surface area contributed by atoms with E-state index in [0.717, 1.165) is 32.3 Å². The number of allylic oxidation sites excluding steroid dienone is 1. The molecular formula is C21H33BNS. The standard InChI is InChI=1S/C21H33BNS/c1-7-21(10-12-23-13-11-21)18-9-8-17(14-16(18)2)22-15-19(3,4)20(5,6)24/h7-9,14,23-24H,1,10-13,15H2,2-6H3. The maximum Gasteiger partial charge on any atom is 0.152 e. The van der Waals surface area contributed by atoms with Gasteiger partial charge in [-0.2, -0.15) is 12.6 Å². The first kappa shape index (κ1) is 19.7. The highest BCUT2D eigenvalue weighted by Crippen LogP contribution is 2.39. The third-order valence-electron chi connectivity index (χ3n) is 6.18. The Morgan fingerprint density at radius 3 is 2.38 bits per heavy atom. The molecular weight excluding hydrogens is 309 g/mol. The Hall–Kier alpha value is -0.665. The summed E-state index contributed by atoms with van der Waals surface area (Å²) in [5, 5.41) is 3.46. The average molecular weight is 342 g/mol. The van der Waals surface area contributed by atoms with Crippen LogP contribution in [0, 0.1) is 12.3 Å². The first-order valence-electron chi connectivity index (χ1n) is 9.12. The monoisotopic (exact) mass is 342 g/mol. The van der Waals surface area contributed by atoms with Crippen molar-refractivity contribution in [3.63, 3.8) is 0 Å². The van der Waals surface area contributed by atoms with Crippen LogP contribution in [0.15, 0.2) is 30.9 Å². The van der Waals surface area contributed by atoms with Crippen LogP contribution >= 0.6 is 12.6 Å². The molecule has 131 valence electrons. The molecule has 0 aromatic heterocycles. The van der Waals surface area contributed by atoms with Crippen molar-refractivity contribution in [2.75, 3.05) is 13.1 Å². The fraction of sp³-hybridized carbons (Fsp3) is 0.619. The summed E-state index contributed by atoms with van der Waals surface area (Å²) in [6, 6.07) is 6.94. The Morgan fingerprint density at radius 2 is 1.88 bits per heavy atom. The molecule has 1 aliphatic rings. The summed E-state index contributed by atoms with van der Waals surface area (Å²) in [7, 11) is 2.36. The lowest BCUT2D eigenvalue weighted by atomic mass is 9.56. The van der Waals surface area contributed by atoms with Crippen molar-refractivity contribution in [3.8, 4) is 0 Å². The van der Waals surface area contributed by atoms with Gasteiger partial charge in [0.25, 0.3) is 0 Å². The lowest BCUT2D eigenvalue weighted by molar-refractivity contribution is 0.322. The Kier molecular flexibility index (Phi) is 5.97. The predicted molar refractivity (Wildman–Crippen MR) is 112 cm³/mol. The van der Waals surface area contributed by atoms with E-state index in [9.17, 15) is 0 Å². The second-order valence-electron chi connectivity index (χ2n) is 8.54. The van der Waals surface area contributed by atoms with Gasteiger partial charge in [-0.15, -0.1) is 6.58 Å². The number of nitrogens with one attached hydrogen (secondary N) is 1. The summed E-state index contributed by atoms with van der Waals surface area (Å²) in [5.41, 5.74) is 4.44. The fourth-order valence-electron chi connectivity index (χ4n) is 3.45. The van der Waals surface area contributed by atoms with E-state index in [2.05, 4.69) is 78.1 Å². The molecule has 24 heavy (non-hydrogen) atoms. The van der Waals surface area contributed by atoms with E-state index >= 15 is 0 Å². The summed E-state index contributed by atoms with van der Waals surface area (Å²) < 4.78 is 0.000477. The zero-order valence-electron chi connectivity index (χ0n) is 16.1. The number of aryl methyl sites for hydroxylation is 1. The summed E-state index contributed by atoms with van der Waals surface area (Å²) in [6.45, 7) is 17.5. The minimum absolute atomic E-state index is 0.000477. The topological polar surface area (TPSA) is 12.0 Å². The van der Waals surface area contributed by atoms with Crippen LogP contribution in [0.1, 0.15) is 51.7 Å². The van der Waals surface area contributed by atoms with Gasteiger partial charge in [-0.25, -0.2) is 0 Å². The number of piperidine rings is 1. The van der Waals surface area contributed by atoms with Crippen molar-refractivity contribution in [2.45, 2.75) is 63.9 Å². The summed E-state index contributed by atoms with van der Waals surface area (Å²) in [5.74, 6) is 0. The number of hydrogen-bond acceptors (Lipinski definition) is 2. The number of benzene rings is 1. The molecule has 1 heterocycles. The van der Waals surface area contributed by atoms with Gasteiger partial charge in [0.2, 0.25) is 0 Å². The summed E-state index contributed by atoms with van der Waals surface area (Å²) in [6.07, 6.45) is 5.48. The maximum absolute atomic E-state index is 4.77. The van der Waals surface area contributed by atoms with Crippen molar-refractivity contribution in [1.82, 2.24) is 5.32 Å². The lowest BCUT2D eigenvalue weighted by Crippen LogP contribution is -2.39. The minimum atomic E-state index is 0.000477. The van der Waals surface area contributed by atoms with Crippen LogP contribution in [0.2, 0.25) is 6.32 Å². The van der Waals surface area contributed by atoms with Gasteiger partial charge in [0, 0.05) is 10.2 Å². The van der Waals surface area contributed by atoms with Crippen LogP contribution < -0.4 is 10.8 Å². The fourth-order valence-corrected chi connectivity index (χ4v) is 3.54. The van der Waals surface area contributed by atoms with E-state index in [0.29, 0.717) is 0 Å². The molecule has 1 fully saturated rings. The highest BCUT2D eigenvalue weighted by Gasteiger charge is 2.34. The van der Waals surface area contributed by atoms with Gasteiger partial charge in [0.15, 0.2) is 7.28 Å². The second kappa shape index (κ2) is 7.29. The maximum atomic E-state index is 4.77. The zero-order valence-corrected chi connectivity index (χ0v) is 17.0. The highest BCUT2D eigenvalue weighted by molar-refractivity contribution is 7.81. The van der Waals surface area contributed by atoms with E-state index in [-0.39, 0.29) is 15.6 Å². The van der Waals surface area contributed by atoms with Crippen LogP contribution in [0.25, 0.3) is 0 Å². The van der Waals surface area contributed by atoms with Crippen LogP contribution in [0.3, 0.4) is 0 Å². The molecule has 1 aromatic rings. The molecule has 1 aromatic carbocycles. The van der Waals surface area contributed by atoms with Crippen LogP contribution in [-0.4, -0.2) is 25.1 Å². The normalized spacial score (nSPS) is 18.2. The third kappa shape index (κ3) is 4.11. The van der Waals surface area contributed by atoms with Crippen LogP contribution in [0.5, 0.6) is 0 Å². The molecule has 2 rings (SSSR count). The Balaban J connectivity index is 2.17. The molecule has 0 amide bonds. The van der Waals surface area contributed by atoms with E-state index in [4.69, 9.17) is 12.6 Å². The average Bonchev–Trinajstić information content (AvgIpc) is 2.52. The Labute approximate surface area is 155 Å². The van der Waals surface area contributed by atoms with E-state index < -0.39 is 0 Å². The smallest absolute Gasteiger partial charge is 0.152 e. The molecule has 0 atom stereocenters. The van der Waals surface area contributed by atoms with E-state index in [1.807, 2.05) is 0 Å². The first-order valence-corrected chi connectivity index (χ1v) is 9.57. The highest BCUT2D eigenvalue weighted by atomic mass is 32.1. The molecule has 1 N–H and O–H groups in total. The Morgan fingerprint density at radius 1 is 1.25 bits per heavy atom. The largest absolute Gasteiger partial charge is 0.317 e. The first-order chi connectivity index (χ1) is 11.1. The molecule has 1 nitrogen and oxygen atoms in total. The van der Waals surface area contributed by atoms with Gasteiger partial charge in [-0.3, -0.25) is 0 Å². The molecule has 0 unspecified atom stereocenters. The zero-order chi connectivity index (χ0) is 18.0. The van der Waals surface area contributed by atoms with E-state index in [1.54, 1.807) is 0 Å². The van der Waals surface area contributed by atoms with Crippen molar-refractivity contribution >= 4 is 25.4 Å².